The average molecular weight is 368 g/mol. The summed E-state index contributed by atoms with van der Waals surface area (Å²) in [6, 6.07) is 8.39. The minimum Gasteiger partial charge on any atom is -0.377 e. The van der Waals surface area contributed by atoms with Crippen molar-refractivity contribution in [2.75, 3.05) is 31.6 Å². The van der Waals surface area contributed by atoms with E-state index >= 15 is 0 Å². The van der Waals surface area contributed by atoms with E-state index in [1.807, 2.05) is 30.5 Å². The topological polar surface area (TPSA) is 59.4 Å². The van der Waals surface area contributed by atoms with E-state index < -0.39 is 0 Å². The largest absolute Gasteiger partial charge is 0.377 e. The van der Waals surface area contributed by atoms with E-state index in [9.17, 15) is 4.79 Å². The molecule has 6 nitrogen and oxygen atoms in total. The third-order valence-electron chi connectivity index (χ3n) is 5.57. The first kappa shape index (κ1) is 18.2. The molecule has 27 heavy (non-hydrogen) atoms. The average Bonchev–Trinajstić information content (AvgIpc) is 3.34. The van der Waals surface area contributed by atoms with E-state index in [1.165, 1.54) is 19.8 Å². The zero-order valence-corrected chi connectivity index (χ0v) is 15.9. The molecule has 1 amide bonds. The van der Waals surface area contributed by atoms with Crippen LogP contribution in [0.5, 0.6) is 0 Å². The van der Waals surface area contributed by atoms with Crippen molar-refractivity contribution < 1.29 is 9.53 Å². The molecule has 6 heteroatoms. The first-order valence-corrected chi connectivity index (χ1v) is 9.94. The maximum Gasteiger partial charge on any atom is 0.221 e. The molecule has 0 saturated carbocycles. The summed E-state index contributed by atoms with van der Waals surface area (Å²) in [6.07, 6.45) is 9.11. The van der Waals surface area contributed by atoms with E-state index in [0.717, 1.165) is 56.2 Å². The van der Waals surface area contributed by atoms with Gasteiger partial charge in [0.15, 0.2) is 0 Å². The first-order chi connectivity index (χ1) is 13.2. The fourth-order valence-corrected chi connectivity index (χ4v) is 4.19. The number of imidazole rings is 1. The predicted octanol–water partition coefficient (Wildman–Crippen LogP) is 3.32. The van der Waals surface area contributed by atoms with E-state index in [4.69, 9.17) is 4.74 Å². The molecule has 2 saturated heterocycles. The Morgan fingerprint density at radius 3 is 2.67 bits per heavy atom. The summed E-state index contributed by atoms with van der Waals surface area (Å²) in [5.74, 6) is 0.945. The van der Waals surface area contributed by atoms with Crippen molar-refractivity contribution in [2.24, 2.45) is 0 Å². The Labute approximate surface area is 160 Å². The molecule has 2 aliphatic rings. The SMILES string of the molecule is CC(=O)Nc1ccc(-c2nccn2C2CCN(C[C@@H]3CCCO3)CC2)cc1. The van der Waals surface area contributed by atoms with Gasteiger partial charge in [-0.1, -0.05) is 0 Å². The Balaban J connectivity index is 1.39. The van der Waals surface area contributed by atoms with Gasteiger partial charge in [-0.25, -0.2) is 4.98 Å². The third kappa shape index (κ3) is 4.39. The lowest BCUT2D eigenvalue weighted by Crippen LogP contribution is -2.39. The highest BCUT2D eigenvalue weighted by Gasteiger charge is 2.25. The van der Waals surface area contributed by atoms with Crippen LogP contribution < -0.4 is 5.32 Å². The Morgan fingerprint density at radius 1 is 1.22 bits per heavy atom. The lowest BCUT2D eigenvalue weighted by Gasteiger charge is -2.34. The van der Waals surface area contributed by atoms with Crippen molar-refractivity contribution in [3.63, 3.8) is 0 Å². The summed E-state index contributed by atoms with van der Waals surface area (Å²) in [5, 5.41) is 2.81. The lowest BCUT2D eigenvalue weighted by molar-refractivity contribution is -0.114. The molecule has 1 aromatic heterocycles. The van der Waals surface area contributed by atoms with Crippen LogP contribution >= 0.6 is 0 Å². The van der Waals surface area contributed by atoms with Crippen molar-refractivity contribution in [2.45, 2.75) is 44.8 Å². The molecular weight excluding hydrogens is 340 g/mol. The van der Waals surface area contributed by atoms with Crippen molar-refractivity contribution >= 4 is 11.6 Å². The Hall–Kier alpha value is -2.18. The number of benzene rings is 1. The fourth-order valence-electron chi connectivity index (χ4n) is 4.19. The number of carbonyl (C=O) groups is 1. The van der Waals surface area contributed by atoms with Crippen LogP contribution in [0.15, 0.2) is 36.7 Å². The summed E-state index contributed by atoms with van der Waals surface area (Å²) in [4.78, 5) is 18.3. The van der Waals surface area contributed by atoms with Crippen LogP contribution in [0.4, 0.5) is 5.69 Å². The van der Waals surface area contributed by atoms with E-state index in [-0.39, 0.29) is 5.91 Å². The van der Waals surface area contributed by atoms with Crippen molar-refractivity contribution in [1.82, 2.24) is 14.5 Å². The highest BCUT2D eigenvalue weighted by Crippen LogP contribution is 2.29. The molecule has 1 aromatic carbocycles. The summed E-state index contributed by atoms with van der Waals surface area (Å²) in [7, 11) is 0. The second-order valence-corrected chi connectivity index (χ2v) is 7.58. The van der Waals surface area contributed by atoms with Crippen LogP contribution in [0.3, 0.4) is 0 Å². The molecule has 3 heterocycles. The van der Waals surface area contributed by atoms with Crippen LogP contribution in [0.2, 0.25) is 0 Å². The number of aromatic nitrogens is 2. The Bertz CT molecular complexity index is 757. The Morgan fingerprint density at radius 2 is 2.00 bits per heavy atom. The fraction of sp³-hybridized carbons (Fsp3) is 0.524. The van der Waals surface area contributed by atoms with Gasteiger partial charge in [-0.15, -0.1) is 0 Å². The monoisotopic (exact) mass is 368 g/mol. The number of hydrogen-bond donors (Lipinski definition) is 1. The van der Waals surface area contributed by atoms with Gasteiger partial charge in [-0.3, -0.25) is 4.79 Å². The maximum atomic E-state index is 11.2. The highest BCUT2D eigenvalue weighted by atomic mass is 16.5. The number of nitrogens with one attached hydrogen (secondary N) is 1. The molecule has 0 aliphatic carbocycles. The number of piperidine rings is 1. The summed E-state index contributed by atoms with van der Waals surface area (Å²) < 4.78 is 8.10. The predicted molar refractivity (Wildman–Crippen MR) is 106 cm³/mol. The molecule has 0 bridgehead atoms. The van der Waals surface area contributed by atoms with Crippen molar-refractivity contribution in [3.05, 3.63) is 36.7 Å². The molecule has 4 rings (SSSR count). The molecular formula is C21H28N4O2. The number of nitrogens with zero attached hydrogens (tertiary/aromatic N) is 3. The minimum absolute atomic E-state index is 0.0565. The van der Waals surface area contributed by atoms with Gasteiger partial charge in [-0.2, -0.15) is 0 Å². The van der Waals surface area contributed by atoms with Gasteiger partial charge in [-0.05, 0) is 49.9 Å². The molecule has 0 unspecified atom stereocenters. The molecule has 2 aliphatic heterocycles. The molecule has 2 aromatic rings. The van der Waals surface area contributed by atoms with E-state index in [1.54, 1.807) is 0 Å². The van der Waals surface area contributed by atoms with Gasteiger partial charge in [0.2, 0.25) is 5.91 Å². The van der Waals surface area contributed by atoms with Crippen LogP contribution in [0.1, 0.15) is 38.6 Å². The number of likely N-dealkylation sites (tertiary alicyclic amines) is 1. The smallest absolute Gasteiger partial charge is 0.221 e. The van der Waals surface area contributed by atoms with Gasteiger partial charge in [0.25, 0.3) is 0 Å². The zero-order chi connectivity index (χ0) is 18.6. The van der Waals surface area contributed by atoms with Gasteiger partial charge in [0.05, 0.1) is 6.10 Å². The molecule has 1 N–H and O–H groups in total. The number of carbonyl (C=O) groups excluding carboxylic acids is 1. The van der Waals surface area contributed by atoms with E-state index in [0.29, 0.717) is 12.1 Å². The van der Waals surface area contributed by atoms with Crippen molar-refractivity contribution in [1.29, 1.82) is 0 Å². The minimum atomic E-state index is -0.0565. The standard InChI is InChI=1S/C21H28N4O2/c1-16(26)23-18-6-4-17(5-7-18)21-22-10-13-25(21)19-8-11-24(12-9-19)15-20-3-2-14-27-20/h4-7,10,13,19-20H,2-3,8-9,11-12,14-15H2,1H3,(H,23,26)/t20-/m0/s1. The number of hydrogen-bond acceptors (Lipinski definition) is 4. The van der Waals surface area contributed by atoms with Crippen LogP contribution in [0.25, 0.3) is 11.4 Å². The number of rotatable bonds is 5. The molecule has 0 radical (unpaired) electrons. The van der Waals surface area contributed by atoms with Gasteiger partial charge < -0.3 is 19.5 Å². The van der Waals surface area contributed by atoms with Crippen LogP contribution in [-0.4, -0.2) is 52.7 Å². The third-order valence-corrected chi connectivity index (χ3v) is 5.57. The van der Waals surface area contributed by atoms with Gasteiger partial charge >= 0.3 is 0 Å². The number of amides is 1. The number of ether oxygens (including phenoxy) is 1. The molecule has 144 valence electrons. The Kier molecular flexibility index (Phi) is 5.55. The van der Waals surface area contributed by atoms with Gasteiger partial charge in [0, 0.05) is 62.9 Å². The maximum absolute atomic E-state index is 11.2. The summed E-state index contributed by atoms with van der Waals surface area (Å²) >= 11 is 0. The highest BCUT2D eigenvalue weighted by molar-refractivity contribution is 5.88. The van der Waals surface area contributed by atoms with Crippen molar-refractivity contribution in [3.8, 4) is 11.4 Å². The zero-order valence-electron chi connectivity index (χ0n) is 15.9. The molecule has 1 atom stereocenters. The second kappa shape index (κ2) is 8.23. The van der Waals surface area contributed by atoms with Crippen LogP contribution in [0, 0.1) is 0 Å². The molecule has 0 spiro atoms. The van der Waals surface area contributed by atoms with Crippen LogP contribution in [-0.2, 0) is 9.53 Å². The van der Waals surface area contributed by atoms with Gasteiger partial charge in [0.1, 0.15) is 5.82 Å². The normalized spacial score (nSPS) is 21.4. The van der Waals surface area contributed by atoms with E-state index in [2.05, 4.69) is 26.0 Å². The number of anilines is 1. The summed E-state index contributed by atoms with van der Waals surface area (Å²) in [6.45, 7) is 5.76. The summed E-state index contributed by atoms with van der Waals surface area (Å²) in [5.41, 5.74) is 1.89. The lowest BCUT2D eigenvalue weighted by atomic mass is 10.0. The first-order valence-electron chi connectivity index (χ1n) is 9.94. The second-order valence-electron chi connectivity index (χ2n) is 7.58. The molecule has 2 fully saturated rings. The quantitative estimate of drug-likeness (QED) is 0.879.